The zero-order valence-electron chi connectivity index (χ0n) is 17.3. The van der Waals surface area contributed by atoms with Crippen LogP contribution in [-0.4, -0.2) is 43.2 Å². The first-order valence-electron chi connectivity index (χ1n) is 11.4. The van der Waals surface area contributed by atoms with Crippen molar-refractivity contribution in [2.75, 3.05) is 31.1 Å². The molecule has 154 valence electrons. The molecule has 0 aromatic heterocycles. The van der Waals surface area contributed by atoms with Gasteiger partial charge in [0.15, 0.2) is 0 Å². The number of likely N-dealkylation sites (tertiary alicyclic amines) is 1. The fourth-order valence-corrected chi connectivity index (χ4v) is 5.39. The Balaban J connectivity index is 1.40. The van der Waals surface area contributed by atoms with Crippen molar-refractivity contribution >= 4 is 5.69 Å². The van der Waals surface area contributed by atoms with Gasteiger partial charge in [-0.15, -0.1) is 0 Å². The molecule has 2 aromatic carbocycles. The normalized spacial score (nSPS) is 27.6. The summed E-state index contributed by atoms with van der Waals surface area (Å²) < 4.78 is 6.73. The Morgan fingerprint density at radius 3 is 2.62 bits per heavy atom. The van der Waals surface area contributed by atoms with Crippen molar-refractivity contribution in [1.82, 2.24) is 4.90 Å². The summed E-state index contributed by atoms with van der Waals surface area (Å²) in [6.45, 7) is 4.42. The lowest BCUT2D eigenvalue weighted by molar-refractivity contribution is 0.0593. The van der Waals surface area contributed by atoms with E-state index in [2.05, 4.69) is 58.3 Å². The molecule has 5 rings (SSSR count). The predicted octanol–water partition coefficient (Wildman–Crippen LogP) is 4.14. The molecule has 4 nitrogen and oxygen atoms in total. The second kappa shape index (κ2) is 8.37. The number of ether oxygens (including phenoxy) is 1. The number of nitrogens with two attached hydrogens (primary N) is 1. The van der Waals surface area contributed by atoms with E-state index in [0.29, 0.717) is 6.04 Å². The molecule has 2 heterocycles. The molecule has 0 bridgehead atoms. The standard InChI is InChI=1S/C25H33N3O/c26-20-9-7-15-28(18-20)24-16-19-8-2-3-12-23(19)25(24)29-22-11-6-10-21(17-22)27-13-4-1-5-14-27/h2-3,6,8,10-12,17,20,24-25H,1,4-5,7,9,13-16,18,26H2/t20-,24-,25-/m1/s1. The van der Waals surface area contributed by atoms with E-state index in [9.17, 15) is 0 Å². The third kappa shape index (κ3) is 4.01. The Morgan fingerprint density at radius 1 is 0.897 bits per heavy atom. The quantitative estimate of drug-likeness (QED) is 0.850. The molecule has 0 amide bonds. The summed E-state index contributed by atoms with van der Waals surface area (Å²) in [5.74, 6) is 0.987. The Morgan fingerprint density at radius 2 is 1.76 bits per heavy atom. The molecule has 1 aliphatic carbocycles. The maximum atomic E-state index is 6.73. The molecule has 0 radical (unpaired) electrons. The summed E-state index contributed by atoms with van der Waals surface area (Å²) in [5, 5.41) is 0. The zero-order valence-corrected chi connectivity index (χ0v) is 17.3. The molecule has 2 aliphatic heterocycles. The Bertz CT molecular complexity index is 832. The summed E-state index contributed by atoms with van der Waals surface area (Å²) in [7, 11) is 0. The highest BCUT2D eigenvalue weighted by molar-refractivity contribution is 5.51. The van der Waals surface area contributed by atoms with Gasteiger partial charge in [0.1, 0.15) is 11.9 Å². The maximum Gasteiger partial charge on any atom is 0.140 e. The molecular weight excluding hydrogens is 358 g/mol. The lowest BCUT2D eigenvalue weighted by Gasteiger charge is -2.38. The fraction of sp³-hybridized carbons (Fsp3) is 0.520. The largest absolute Gasteiger partial charge is 0.484 e. The Kier molecular flexibility index (Phi) is 5.47. The van der Waals surface area contributed by atoms with Crippen LogP contribution in [0.5, 0.6) is 5.75 Å². The van der Waals surface area contributed by atoms with Crippen LogP contribution < -0.4 is 15.4 Å². The third-order valence-corrected chi connectivity index (χ3v) is 6.90. The van der Waals surface area contributed by atoms with Gasteiger partial charge >= 0.3 is 0 Å². The van der Waals surface area contributed by atoms with Gasteiger partial charge in [0.05, 0.1) is 6.04 Å². The van der Waals surface area contributed by atoms with E-state index >= 15 is 0 Å². The topological polar surface area (TPSA) is 41.7 Å². The highest BCUT2D eigenvalue weighted by Crippen LogP contribution is 2.39. The van der Waals surface area contributed by atoms with Crippen LogP contribution in [0.4, 0.5) is 5.69 Å². The molecule has 29 heavy (non-hydrogen) atoms. The van der Waals surface area contributed by atoms with E-state index in [-0.39, 0.29) is 12.1 Å². The molecule has 3 aliphatic rings. The lowest BCUT2D eigenvalue weighted by atomic mass is 10.0. The highest BCUT2D eigenvalue weighted by Gasteiger charge is 2.39. The summed E-state index contributed by atoms with van der Waals surface area (Å²) in [6, 6.07) is 18.2. The average molecular weight is 392 g/mol. The van der Waals surface area contributed by atoms with Crippen molar-refractivity contribution in [3.05, 3.63) is 59.7 Å². The van der Waals surface area contributed by atoms with E-state index in [1.807, 2.05) is 0 Å². The monoisotopic (exact) mass is 391 g/mol. The lowest BCUT2D eigenvalue weighted by Crippen LogP contribution is -2.49. The minimum Gasteiger partial charge on any atom is -0.484 e. The number of fused-ring (bicyclic) bond motifs is 1. The summed E-state index contributed by atoms with van der Waals surface area (Å²) in [5.41, 5.74) is 10.4. The van der Waals surface area contributed by atoms with Crippen LogP contribution in [0.25, 0.3) is 0 Å². The van der Waals surface area contributed by atoms with E-state index in [1.165, 1.54) is 42.5 Å². The van der Waals surface area contributed by atoms with E-state index in [4.69, 9.17) is 10.5 Å². The maximum absolute atomic E-state index is 6.73. The molecular formula is C25H33N3O. The van der Waals surface area contributed by atoms with Crippen molar-refractivity contribution in [1.29, 1.82) is 0 Å². The van der Waals surface area contributed by atoms with Gasteiger partial charge in [-0.05, 0) is 68.3 Å². The van der Waals surface area contributed by atoms with Gasteiger partial charge in [-0.1, -0.05) is 30.3 Å². The van der Waals surface area contributed by atoms with Crippen LogP contribution in [0.3, 0.4) is 0 Å². The van der Waals surface area contributed by atoms with Crippen LogP contribution in [0.2, 0.25) is 0 Å². The number of hydrogen-bond donors (Lipinski definition) is 1. The van der Waals surface area contributed by atoms with Gasteiger partial charge in [0, 0.05) is 37.4 Å². The average Bonchev–Trinajstić information content (AvgIpc) is 3.13. The third-order valence-electron chi connectivity index (χ3n) is 6.90. The van der Waals surface area contributed by atoms with E-state index < -0.39 is 0 Å². The van der Waals surface area contributed by atoms with Gasteiger partial charge in [0.2, 0.25) is 0 Å². The van der Waals surface area contributed by atoms with Crippen LogP contribution in [0.1, 0.15) is 49.3 Å². The van der Waals surface area contributed by atoms with Crippen LogP contribution in [0, 0.1) is 0 Å². The second-order valence-electron chi connectivity index (χ2n) is 8.95. The van der Waals surface area contributed by atoms with Crippen molar-refractivity contribution in [3.8, 4) is 5.75 Å². The SMILES string of the molecule is N[C@@H]1CCCN([C@@H]2Cc3ccccc3[C@H]2Oc2cccc(N3CCCCC3)c2)C1. The van der Waals surface area contributed by atoms with Crippen molar-refractivity contribution in [2.45, 2.75) is 56.7 Å². The first kappa shape index (κ1) is 19.0. The fourth-order valence-electron chi connectivity index (χ4n) is 5.39. The van der Waals surface area contributed by atoms with E-state index in [1.54, 1.807) is 0 Å². The van der Waals surface area contributed by atoms with E-state index in [0.717, 1.165) is 44.8 Å². The predicted molar refractivity (Wildman–Crippen MR) is 119 cm³/mol. The van der Waals surface area contributed by atoms with Gasteiger partial charge in [-0.25, -0.2) is 0 Å². The highest BCUT2D eigenvalue weighted by atomic mass is 16.5. The Hall–Kier alpha value is -2.04. The van der Waals surface area contributed by atoms with Gasteiger partial charge in [-0.2, -0.15) is 0 Å². The van der Waals surface area contributed by atoms with Crippen LogP contribution in [-0.2, 0) is 6.42 Å². The first-order valence-corrected chi connectivity index (χ1v) is 11.4. The summed E-state index contributed by atoms with van der Waals surface area (Å²) >= 11 is 0. The Labute approximate surface area is 174 Å². The summed E-state index contributed by atoms with van der Waals surface area (Å²) in [4.78, 5) is 5.08. The van der Waals surface area contributed by atoms with Gasteiger partial charge in [0.25, 0.3) is 0 Å². The number of anilines is 1. The molecule has 4 heteroatoms. The second-order valence-corrected chi connectivity index (χ2v) is 8.95. The molecule has 0 spiro atoms. The molecule has 2 aromatic rings. The van der Waals surface area contributed by atoms with Gasteiger partial charge in [-0.3, -0.25) is 4.90 Å². The number of benzene rings is 2. The minimum atomic E-state index is 0.0769. The molecule has 2 saturated heterocycles. The van der Waals surface area contributed by atoms with Crippen LogP contribution >= 0.6 is 0 Å². The first-order chi connectivity index (χ1) is 14.3. The number of rotatable bonds is 4. The molecule has 0 saturated carbocycles. The van der Waals surface area contributed by atoms with Gasteiger partial charge < -0.3 is 15.4 Å². The minimum absolute atomic E-state index is 0.0769. The molecule has 2 N–H and O–H groups in total. The number of piperidine rings is 2. The van der Waals surface area contributed by atoms with Crippen molar-refractivity contribution < 1.29 is 4.74 Å². The molecule has 3 atom stereocenters. The number of hydrogen-bond acceptors (Lipinski definition) is 4. The molecule has 0 unspecified atom stereocenters. The van der Waals surface area contributed by atoms with Crippen molar-refractivity contribution in [3.63, 3.8) is 0 Å². The van der Waals surface area contributed by atoms with Crippen LogP contribution in [0.15, 0.2) is 48.5 Å². The smallest absolute Gasteiger partial charge is 0.140 e. The number of nitrogens with zero attached hydrogens (tertiary/aromatic N) is 2. The zero-order chi connectivity index (χ0) is 19.6. The summed E-state index contributed by atoms with van der Waals surface area (Å²) in [6.07, 6.45) is 7.39. The van der Waals surface area contributed by atoms with Crippen molar-refractivity contribution in [2.24, 2.45) is 5.73 Å². The molecule has 2 fully saturated rings.